The summed E-state index contributed by atoms with van der Waals surface area (Å²) < 4.78 is 4.91. The van der Waals surface area contributed by atoms with E-state index in [9.17, 15) is 9.59 Å². The molecule has 1 aromatic carbocycles. The van der Waals surface area contributed by atoms with E-state index >= 15 is 0 Å². The van der Waals surface area contributed by atoms with Crippen LogP contribution >= 0.6 is 0 Å². The Morgan fingerprint density at radius 2 is 2.00 bits per heavy atom. The smallest absolute Gasteiger partial charge is 0.338 e. The van der Waals surface area contributed by atoms with E-state index in [-0.39, 0.29) is 17.7 Å². The van der Waals surface area contributed by atoms with E-state index in [2.05, 4.69) is 6.58 Å². The van der Waals surface area contributed by atoms with Crippen LogP contribution in [0, 0.1) is 0 Å². The maximum absolute atomic E-state index is 12.1. The van der Waals surface area contributed by atoms with Crippen molar-refractivity contribution in [1.29, 1.82) is 0 Å². The van der Waals surface area contributed by atoms with Crippen LogP contribution in [-0.2, 0) is 9.57 Å². The molecule has 0 bridgehead atoms. The number of esters is 1. The van der Waals surface area contributed by atoms with Crippen molar-refractivity contribution in [3.8, 4) is 0 Å². The second-order valence-corrected chi connectivity index (χ2v) is 3.95. The molecule has 0 saturated carbocycles. The molecule has 0 fully saturated rings. The molecule has 1 rings (SSSR count). The number of ether oxygens (including phenoxy) is 1. The highest BCUT2D eigenvalue weighted by atomic mass is 16.7. The van der Waals surface area contributed by atoms with Gasteiger partial charge in [-0.3, -0.25) is 9.63 Å². The van der Waals surface area contributed by atoms with Crippen LogP contribution in [0.1, 0.15) is 27.6 Å². The third kappa shape index (κ3) is 4.10. The lowest BCUT2D eigenvalue weighted by molar-refractivity contribution is -0.100. The van der Waals surface area contributed by atoms with E-state index in [0.717, 1.165) is 5.06 Å². The van der Waals surface area contributed by atoms with Gasteiger partial charge in [-0.2, -0.15) is 0 Å². The zero-order chi connectivity index (χ0) is 15.1. The number of rotatable bonds is 6. The molecule has 0 radical (unpaired) electrons. The number of nitrogens with zero attached hydrogens (tertiary/aromatic N) is 1. The van der Waals surface area contributed by atoms with Crippen molar-refractivity contribution in [2.75, 3.05) is 26.0 Å². The van der Waals surface area contributed by atoms with Gasteiger partial charge >= 0.3 is 5.97 Å². The molecular weight excluding hydrogens is 260 g/mol. The summed E-state index contributed by atoms with van der Waals surface area (Å²) in [5, 5.41) is 1.09. The van der Waals surface area contributed by atoms with Crippen molar-refractivity contribution in [1.82, 2.24) is 5.06 Å². The molecule has 0 aromatic heterocycles. The number of benzene rings is 1. The third-order valence-electron chi connectivity index (χ3n) is 2.38. The Morgan fingerprint density at radius 1 is 1.35 bits per heavy atom. The van der Waals surface area contributed by atoms with Gasteiger partial charge in [0.2, 0.25) is 0 Å². The summed E-state index contributed by atoms with van der Waals surface area (Å²) in [6, 6.07) is 4.34. The van der Waals surface area contributed by atoms with Gasteiger partial charge in [-0.05, 0) is 25.1 Å². The minimum absolute atomic E-state index is 0.0930. The van der Waals surface area contributed by atoms with E-state index < -0.39 is 11.9 Å². The number of carbonyl (C=O) groups excluding carboxylic acids is 2. The van der Waals surface area contributed by atoms with E-state index in [0.29, 0.717) is 12.3 Å². The molecule has 0 aliphatic heterocycles. The standard InChI is InChI=1S/C14H18N2O4/c1-4-6-19-14(18)11-7-10(8-12(15)9-11)13(17)16(3)20-5-2/h4,7-9H,1,5-6,15H2,2-3H3. The van der Waals surface area contributed by atoms with Gasteiger partial charge in [-0.1, -0.05) is 12.7 Å². The Balaban J connectivity index is 2.99. The summed E-state index contributed by atoms with van der Waals surface area (Å²) in [5.41, 5.74) is 6.46. The average Bonchev–Trinajstić information content (AvgIpc) is 2.43. The first kappa shape index (κ1) is 15.7. The number of nitrogens with two attached hydrogens (primary N) is 1. The molecule has 108 valence electrons. The van der Waals surface area contributed by atoms with Crippen LogP contribution in [0.25, 0.3) is 0 Å². The Morgan fingerprint density at radius 3 is 2.60 bits per heavy atom. The quantitative estimate of drug-likeness (QED) is 0.370. The number of hydrogen-bond donors (Lipinski definition) is 1. The Labute approximate surface area is 117 Å². The van der Waals surface area contributed by atoms with Gasteiger partial charge < -0.3 is 10.5 Å². The van der Waals surface area contributed by atoms with Crippen LogP contribution in [-0.4, -0.2) is 37.2 Å². The number of amides is 1. The molecule has 0 aliphatic carbocycles. The SMILES string of the molecule is C=CCOC(=O)c1cc(N)cc(C(=O)N(C)OCC)c1. The average molecular weight is 278 g/mol. The summed E-state index contributed by atoms with van der Waals surface area (Å²) in [4.78, 5) is 28.9. The lowest BCUT2D eigenvalue weighted by Gasteiger charge is -2.16. The van der Waals surface area contributed by atoms with Crippen molar-refractivity contribution < 1.29 is 19.2 Å². The Kier molecular flexibility index (Phi) is 5.74. The summed E-state index contributed by atoms with van der Waals surface area (Å²) in [7, 11) is 1.49. The number of anilines is 1. The molecule has 0 heterocycles. The molecular formula is C14H18N2O4. The maximum Gasteiger partial charge on any atom is 0.338 e. The fourth-order valence-electron chi connectivity index (χ4n) is 1.55. The molecule has 6 nitrogen and oxygen atoms in total. The highest BCUT2D eigenvalue weighted by molar-refractivity contribution is 5.98. The van der Waals surface area contributed by atoms with Crippen molar-refractivity contribution in [3.63, 3.8) is 0 Å². The lowest BCUT2D eigenvalue weighted by atomic mass is 10.1. The third-order valence-corrected chi connectivity index (χ3v) is 2.38. The monoisotopic (exact) mass is 278 g/mol. The maximum atomic E-state index is 12.1. The van der Waals surface area contributed by atoms with Crippen LogP contribution < -0.4 is 5.73 Å². The van der Waals surface area contributed by atoms with Gasteiger partial charge in [0.25, 0.3) is 5.91 Å². The first-order chi connectivity index (χ1) is 9.49. The van der Waals surface area contributed by atoms with E-state index in [1.165, 1.54) is 31.3 Å². The van der Waals surface area contributed by atoms with Crippen LogP contribution in [0.5, 0.6) is 0 Å². The van der Waals surface area contributed by atoms with Gasteiger partial charge in [0.15, 0.2) is 0 Å². The van der Waals surface area contributed by atoms with Crippen LogP contribution in [0.2, 0.25) is 0 Å². The Bertz CT molecular complexity index is 514. The lowest BCUT2D eigenvalue weighted by Crippen LogP contribution is -2.27. The highest BCUT2D eigenvalue weighted by Crippen LogP contribution is 2.15. The fraction of sp³-hybridized carbons (Fsp3) is 0.286. The molecule has 1 aromatic rings. The second-order valence-electron chi connectivity index (χ2n) is 3.95. The molecule has 6 heteroatoms. The van der Waals surface area contributed by atoms with Gasteiger partial charge in [-0.15, -0.1) is 0 Å². The summed E-state index contributed by atoms with van der Waals surface area (Å²) in [6.45, 7) is 5.67. The molecule has 0 unspecified atom stereocenters. The number of carbonyl (C=O) groups is 2. The number of hydroxylamine groups is 2. The van der Waals surface area contributed by atoms with Crippen LogP contribution in [0.4, 0.5) is 5.69 Å². The second kappa shape index (κ2) is 7.30. The van der Waals surface area contributed by atoms with E-state index in [1.807, 2.05) is 0 Å². The summed E-state index contributed by atoms with van der Waals surface area (Å²) in [5.74, 6) is -0.956. The first-order valence-electron chi connectivity index (χ1n) is 6.09. The van der Waals surface area contributed by atoms with Gasteiger partial charge in [0, 0.05) is 18.3 Å². The van der Waals surface area contributed by atoms with Crippen LogP contribution in [0.15, 0.2) is 30.9 Å². The summed E-state index contributed by atoms with van der Waals surface area (Å²) in [6.07, 6.45) is 1.46. The molecule has 0 spiro atoms. The minimum Gasteiger partial charge on any atom is -0.458 e. The highest BCUT2D eigenvalue weighted by Gasteiger charge is 2.16. The van der Waals surface area contributed by atoms with Gasteiger partial charge in [0.05, 0.1) is 12.2 Å². The van der Waals surface area contributed by atoms with Crippen molar-refractivity contribution >= 4 is 17.6 Å². The largest absolute Gasteiger partial charge is 0.458 e. The normalized spacial score (nSPS) is 9.90. The van der Waals surface area contributed by atoms with E-state index in [4.69, 9.17) is 15.3 Å². The first-order valence-corrected chi connectivity index (χ1v) is 6.09. The molecule has 0 aliphatic rings. The minimum atomic E-state index is -0.565. The van der Waals surface area contributed by atoms with E-state index in [1.54, 1.807) is 6.92 Å². The molecule has 1 amide bonds. The van der Waals surface area contributed by atoms with Crippen molar-refractivity contribution in [2.45, 2.75) is 6.92 Å². The van der Waals surface area contributed by atoms with Gasteiger partial charge in [-0.25, -0.2) is 9.86 Å². The predicted molar refractivity (Wildman–Crippen MR) is 75.1 cm³/mol. The zero-order valence-corrected chi connectivity index (χ0v) is 11.6. The summed E-state index contributed by atoms with van der Waals surface area (Å²) >= 11 is 0. The molecule has 20 heavy (non-hydrogen) atoms. The van der Waals surface area contributed by atoms with Gasteiger partial charge in [0.1, 0.15) is 6.61 Å². The predicted octanol–water partition coefficient (Wildman–Crippen LogP) is 1.64. The zero-order valence-electron chi connectivity index (χ0n) is 11.6. The fourth-order valence-corrected chi connectivity index (χ4v) is 1.55. The van der Waals surface area contributed by atoms with Crippen molar-refractivity contribution in [3.05, 3.63) is 42.0 Å². The topological polar surface area (TPSA) is 81.9 Å². The Hall–Kier alpha value is -2.34. The van der Waals surface area contributed by atoms with Crippen LogP contribution in [0.3, 0.4) is 0 Å². The number of nitrogen functional groups attached to an aromatic ring is 1. The molecule has 0 atom stereocenters. The molecule has 0 saturated heterocycles. The van der Waals surface area contributed by atoms with Crippen molar-refractivity contribution in [2.24, 2.45) is 0 Å². The molecule has 2 N–H and O–H groups in total. The number of hydrogen-bond acceptors (Lipinski definition) is 5.